The number of hydrogen-bond acceptors (Lipinski definition) is 3. The van der Waals surface area contributed by atoms with Gasteiger partial charge in [0.25, 0.3) is 0 Å². The summed E-state index contributed by atoms with van der Waals surface area (Å²) < 4.78 is 10.5. The summed E-state index contributed by atoms with van der Waals surface area (Å²) in [6.07, 6.45) is 0. The predicted octanol–water partition coefficient (Wildman–Crippen LogP) is 0.335. The van der Waals surface area contributed by atoms with Crippen LogP contribution in [0, 0.1) is 5.41 Å². The fourth-order valence-electron chi connectivity index (χ4n) is 0.474. The van der Waals surface area contributed by atoms with Crippen molar-refractivity contribution in [2.75, 3.05) is 0 Å². The zero-order valence-corrected chi connectivity index (χ0v) is 7.64. The Morgan fingerprint density at radius 2 is 1.60 bits per heavy atom. The Morgan fingerprint density at radius 3 is 1.60 bits per heavy atom. The summed E-state index contributed by atoms with van der Waals surface area (Å²) in [6, 6.07) is 0. The molecule has 0 aromatic carbocycles. The molecule has 0 saturated carbocycles. The van der Waals surface area contributed by atoms with Crippen LogP contribution in [0.25, 0.3) is 0 Å². The highest BCUT2D eigenvalue weighted by Crippen LogP contribution is 2.42. The second kappa shape index (κ2) is 2.65. The monoisotopic (exact) mass is 164 g/mol. The molecule has 0 rings (SSSR count). The minimum atomic E-state index is -4.38. The fraction of sp³-hybridized carbons (Fsp3) is 1.00. The van der Waals surface area contributed by atoms with Crippen LogP contribution in [0.15, 0.2) is 0 Å². The molecule has 0 aliphatic rings. The highest BCUT2D eigenvalue weighted by atomic mass is 31.2. The predicted molar refractivity (Wildman–Crippen MR) is 36.5 cm³/mol. The van der Waals surface area contributed by atoms with Gasteiger partial charge in [-0.2, -0.15) is 0 Å². The molecular formula is C6H13O3P-2. The first-order valence-corrected chi connectivity index (χ1v) is 4.78. The summed E-state index contributed by atoms with van der Waals surface area (Å²) in [5, 5.41) is 0. The molecule has 0 amide bonds. The van der Waals surface area contributed by atoms with E-state index in [1.165, 1.54) is 6.92 Å². The van der Waals surface area contributed by atoms with Gasteiger partial charge in [-0.3, -0.25) is 0 Å². The second-order valence-corrected chi connectivity index (χ2v) is 5.44. The first-order chi connectivity index (χ1) is 4.15. The molecule has 0 radical (unpaired) electrons. The molecule has 4 heteroatoms. The van der Waals surface area contributed by atoms with Gasteiger partial charge in [0.15, 0.2) is 0 Å². The Kier molecular flexibility index (Phi) is 2.69. The van der Waals surface area contributed by atoms with E-state index in [9.17, 15) is 14.4 Å². The number of hydrogen-bond donors (Lipinski definition) is 0. The Morgan fingerprint density at radius 1 is 1.30 bits per heavy atom. The van der Waals surface area contributed by atoms with Crippen molar-refractivity contribution in [3.05, 3.63) is 0 Å². The molecule has 0 aromatic rings. The highest BCUT2D eigenvalue weighted by molar-refractivity contribution is 7.49. The van der Waals surface area contributed by atoms with Crippen LogP contribution in [-0.2, 0) is 4.57 Å². The van der Waals surface area contributed by atoms with E-state index in [1.807, 2.05) is 0 Å². The van der Waals surface area contributed by atoms with E-state index >= 15 is 0 Å². The molecule has 0 spiro atoms. The van der Waals surface area contributed by atoms with Gasteiger partial charge in [-0.05, 0) is 11.1 Å². The smallest absolute Gasteiger partial charge is 0.0114 e. The van der Waals surface area contributed by atoms with Gasteiger partial charge in [0.1, 0.15) is 0 Å². The van der Waals surface area contributed by atoms with Gasteiger partial charge >= 0.3 is 0 Å². The summed E-state index contributed by atoms with van der Waals surface area (Å²) >= 11 is 0. The van der Waals surface area contributed by atoms with Crippen molar-refractivity contribution >= 4 is 7.60 Å². The molecule has 62 valence electrons. The van der Waals surface area contributed by atoms with Gasteiger partial charge in [-0.25, -0.2) is 0 Å². The van der Waals surface area contributed by atoms with Crippen LogP contribution in [0.5, 0.6) is 0 Å². The molecule has 3 nitrogen and oxygen atoms in total. The van der Waals surface area contributed by atoms with Gasteiger partial charge < -0.3 is 14.4 Å². The van der Waals surface area contributed by atoms with Crippen molar-refractivity contribution in [3.63, 3.8) is 0 Å². The molecule has 0 N–H and O–H groups in total. The Balaban J connectivity index is 4.39. The lowest BCUT2D eigenvalue weighted by Gasteiger charge is -2.43. The standard InChI is InChI=1S/C6H15O3P/c1-5(6(2,3)4)10(7,8)9/h5H,1-4H3,(H2,7,8,9)/p-2. The van der Waals surface area contributed by atoms with E-state index < -0.39 is 18.7 Å². The molecule has 1 unspecified atom stereocenters. The molecule has 1 atom stereocenters. The molecule has 0 aromatic heterocycles. The van der Waals surface area contributed by atoms with Crippen molar-refractivity contribution in [2.45, 2.75) is 33.4 Å². The highest BCUT2D eigenvalue weighted by Gasteiger charge is 2.22. The van der Waals surface area contributed by atoms with E-state index in [2.05, 4.69) is 0 Å². The maximum atomic E-state index is 10.5. The molecule has 0 saturated heterocycles. The maximum absolute atomic E-state index is 10.5. The summed E-state index contributed by atoms with van der Waals surface area (Å²) in [6.45, 7) is 6.65. The SMILES string of the molecule is CC(C(C)(C)C)P(=O)([O-])[O-]. The van der Waals surface area contributed by atoms with Gasteiger partial charge in [0.05, 0.1) is 0 Å². The Hall–Kier alpha value is 0.150. The van der Waals surface area contributed by atoms with Crippen LogP contribution in [0.2, 0.25) is 0 Å². The lowest BCUT2D eigenvalue weighted by atomic mass is 9.93. The molecule has 10 heavy (non-hydrogen) atoms. The summed E-state index contributed by atoms with van der Waals surface area (Å²) in [7, 11) is -4.38. The van der Waals surface area contributed by atoms with Gasteiger partial charge in [0.2, 0.25) is 0 Å². The van der Waals surface area contributed by atoms with Crippen LogP contribution in [0.3, 0.4) is 0 Å². The van der Waals surface area contributed by atoms with E-state index in [0.717, 1.165) is 0 Å². The second-order valence-electron chi connectivity index (χ2n) is 3.58. The first-order valence-electron chi connectivity index (χ1n) is 3.17. The first kappa shape index (κ1) is 10.2. The molecule has 0 heterocycles. The van der Waals surface area contributed by atoms with Crippen molar-refractivity contribution in [2.24, 2.45) is 5.41 Å². The summed E-state index contributed by atoms with van der Waals surface area (Å²) in [5.74, 6) is 0. The van der Waals surface area contributed by atoms with Crippen LogP contribution < -0.4 is 9.79 Å². The lowest BCUT2D eigenvalue weighted by Crippen LogP contribution is -2.33. The van der Waals surface area contributed by atoms with Crippen molar-refractivity contribution < 1.29 is 14.4 Å². The quantitative estimate of drug-likeness (QED) is 0.525. The van der Waals surface area contributed by atoms with E-state index in [-0.39, 0.29) is 0 Å². The minimum Gasteiger partial charge on any atom is -0.811 e. The average Bonchev–Trinajstić information content (AvgIpc) is 1.59. The third kappa shape index (κ3) is 2.82. The third-order valence-electron chi connectivity index (χ3n) is 1.73. The normalized spacial score (nSPS) is 17.0. The van der Waals surface area contributed by atoms with Crippen LogP contribution in [-0.4, -0.2) is 5.66 Å². The van der Waals surface area contributed by atoms with Gasteiger partial charge in [-0.1, -0.05) is 35.3 Å². The topological polar surface area (TPSA) is 63.2 Å². The van der Waals surface area contributed by atoms with E-state index in [0.29, 0.717) is 0 Å². The molecule has 0 aliphatic heterocycles. The Labute approximate surface area is 61.6 Å². The van der Waals surface area contributed by atoms with Gasteiger partial charge in [0, 0.05) is 0 Å². The van der Waals surface area contributed by atoms with E-state index in [1.54, 1.807) is 20.8 Å². The molecule has 0 aliphatic carbocycles. The van der Waals surface area contributed by atoms with Crippen LogP contribution in [0.4, 0.5) is 0 Å². The van der Waals surface area contributed by atoms with Crippen molar-refractivity contribution in [1.29, 1.82) is 0 Å². The lowest BCUT2D eigenvalue weighted by molar-refractivity contribution is -0.318. The van der Waals surface area contributed by atoms with Crippen LogP contribution in [0.1, 0.15) is 27.7 Å². The van der Waals surface area contributed by atoms with E-state index in [4.69, 9.17) is 0 Å². The largest absolute Gasteiger partial charge is 0.811 e. The third-order valence-corrected chi connectivity index (χ3v) is 3.45. The minimum absolute atomic E-state index is 0.445. The maximum Gasteiger partial charge on any atom is -0.0114 e. The van der Waals surface area contributed by atoms with Crippen LogP contribution >= 0.6 is 7.60 Å². The molecule has 0 fully saturated rings. The molecular weight excluding hydrogens is 151 g/mol. The van der Waals surface area contributed by atoms with Gasteiger partial charge in [-0.15, -0.1) is 0 Å². The summed E-state index contributed by atoms with van der Waals surface area (Å²) in [4.78, 5) is 20.9. The zero-order chi connectivity index (χ0) is 8.58. The van der Waals surface area contributed by atoms with Crippen molar-refractivity contribution in [1.82, 2.24) is 0 Å². The fourth-order valence-corrected chi connectivity index (χ4v) is 1.42. The number of rotatable bonds is 1. The zero-order valence-electron chi connectivity index (χ0n) is 6.75. The Bertz CT molecular complexity index is 153. The van der Waals surface area contributed by atoms with Crippen molar-refractivity contribution in [3.8, 4) is 0 Å². The summed E-state index contributed by atoms with van der Waals surface area (Å²) in [5.41, 5.74) is -1.24. The molecule has 0 bridgehead atoms. The average molecular weight is 164 g/mol.